The highest BCUT2D eigenvalue weighted by Crippen LogP contribution is 2.38. The predicted molar refractivity (Wildman–Crippen MR) is 111 cm³/mol. The molecule has 1 aliphatic rings. The van der Waals surface area contributed by atoms with Gasteiger partial charge in [0.1, 0.15) is 0 Å². The number of aliphatic imine (C=N–C) groups is 1. The number of aromatic nitrogens is 1. The van der Waals surface area contributed by atoms with E-state index in [0.717, 1.165) is 0 Å². The zero-order chi connectivity index (χ0) is 21.2. The Hall–Kier alpha value is -3.42. The molecule has 1 unspecified atom stereocenters. The van der Waals surface area contributed by atoms with Gasteiger partial charge in [-0.15, -0.1) is 0 Å². The summed E-state index contributed by atoms with van der Waals surface area (Å²) in [4.78, 5) is 41.7. The van der Waals surface area contributed by atoms with Crippen LogP contribution >= 0.6 is 0 Å². The molecule has 0 radical (unpaired) electrons. The first-order chi connectivity index (χ1) is 13.8. The molecule has 1 atom stereocenters. The smallest absolute Gasteiger partial charge is 0.264 e. The van der Waals surface area contributed by atoms with Crippen molar-refractivity contribution in [2.75, 3.05) is 5.32 Å². The van der Waals surface area contributed by atoms with E-state index in [2.05, 4.69) is 15.6 Å². The van der Waals surface area contributed by atoms with Crippen LogP contribution in [-0.2, 0) is 21.7 Å². The van der Waals surface area contributed by atoms with Crippen molar-refractivity contribution in [1.29, 1.82) is 0 Å². The summed E-state index contributed by atoms with van der Waals surface area (Å²) >= 11 is 0. The fourth-order valence-electron chi connectivity index (χ4n) is 3.48. The van der Waals surface area contributed by atoms with E-state index in [4.69, 9.17) is 5.73 Å². The van der Waals surface area contributed by atoms with E-state index in [-0.39, 0.29) is 17.6 Å². The van der Waals surface area contributed by atoms with Gasteiger partial charge < -0.3 is 15.6 Å². The molecule has 0 bridgehead atoms. The van der Waals surface area contributed by atoms with Gasteiger partial charge in [-0.3, -0.25) is 19.7 Å². The van der Waals surface area contributed by atoms with Gasteiger partial charge in [-0.25, -0.2) is 4.99 Å². The summed E-state index contributed by atoms with van der Waals surface area (Å²) in [5, 5.41) is 5.37. The molecule has 4 N–H and O–H groups in total. The highest BCUT2D eigenvalue weighted by Gasteiger charge is 2.47. The maximum atomic E-state index is 13.1. The van der Waals surface area contributed by atoms with Crippen LogP contribution in [0.3, 0.4) is 0 Å². The highest BCUT2D eigenvalue weighted by atomic mass is 16.2. The van der Waals surface area contributed by atoms with Crippen molar-refractivity contribution in [3.05, 3.63) is 53.3 Å². The predicted octanol–water partition coefficient (Wildman–Crippen LogP) is 2.14. The Morgan fingerprint density at radius 1 is 1.17 bits per heavy atom. The average Bonchev–Trinajstić information content (AvgIpc) is 3.28. The van der Waals surface area contributed by atoms with Crippen molar-refractivity contribution < 1.29 is 14.4 Å². The number of aryl methyl sites for hydroxylation is 1. The average molecular weight is 395 g/mol. The molecule has 1 aliphatic heterocycles. The molecule has 0 fully saturated rings. The number of rotatable bonds is 7. The summed E-state index contributed by atoms with van der Waals surface area (Å²) in [5.74, 6) is -0.557. The van der Waals surface area contributed by atoms with Gasteiger partial charge in [-0.1, -0.05) is 26.0 Å². The van der Waals surface area contributed by atoms with E-state index in [1.807, 2.05) is 11.5 Å². The van der Waals surface area contributed by atoms with Gasteiger partial charge in [0.15, 0.2) is 17.3 Å². The summed E-state index contributed by atoms with van der Waals surface area (Å²) in [6.07, 6.45) is 2.46. The Labute approximate surface area is 169 Å². The molecule has 2 aromatic rings. The molecule has 1 aromatic heterocycles. The van der Waals surface area contributed by atoms with Crippen LogP contribution in [0.5, 0.6) is 0 Å². The summed E-state index contributed by atoms with van der Waals surface area (Å²) < 4.78 is 1.81. The zero-order valence-electron chi connectivity index (χ0n) is 16.8. The Balaban J connectivity index is 2.19. The molecule has 8 nitrogen and oxygen atoms in total. The number of anilines is 1. The Morgan fingerprint density at radius 3 is 2.52 bits per heavy atom. The quantitative estimate of drug-likeness (QED) is 0.622. The molecule has 0 spiro atoms. The number of carbonyl (C=O) groups excluding carboxylic acids is 3. The molecule has 0 saturated heterocycles. The van der Waals surface area contributed by atoms with Crippen LogP contribution in [0.15, 0.2) is 41.5 Å². The number of nitrogens with zero attached hydrogens (tertiary/aromatic N) is 2. The molecule has 8 heteroatoms. The standard InChI is InChI=1S/C21H25N5O3/c1-4-17(27)16-11-14(12-26(16)6-3)21(19(29)24-20(22)25-21)13-8-7-9-15(10-13)23-18(28)5-2/h7-12H,4-6H2,1-3H3,(H,23,28)(H3,22,24,25,29). The number of nitrogens with one attached hydrogen (secondary N) is 2. The molecule has 0 aliphatic carbocycles. The lowest BCUT2D eigenvalue weighted by Gasteiger charge is -2.23. The minimum atomic E-state index is -1.43. The Bertz CT molecular complexity index is 1010. The Kier molecular flexibility index (Phi) is 5.54. The van der Waals surface area contributed by atoms with Crippen LogP contribution in [0.4, 0.5) is 5.69 Å². The van der Waals surface area contributed by atoms with Gasteiger partial charge in [0.2, 0.25) is 5.91 Å². The second kappa shape index (κ2) is 7.90. The van der Waals surface area contributed by atoms with E-state index in [1.54, 1.807) is 50.4 Å². The van der Waals surface area contributed by atoms with Crippen molar-refractivity contribution in [1.82, 2.24) is 9.88 Å². The number of ketones is 1. The summed E-state index contributed by atoms with van der Waals surface area (Å²) in [6, 6.07) is 8.66. The van der Waals surface area contributed by atoms with Crippen LogP contribution in [0, 0.1) is 0 Å². The molecule has 1 aromatic carbocycles. The first kappa shape index (κ1) is 20.3. The van der Waals surface area contributed by atoms with E-state index >= 15 is 0 Å². The van der Waals surface area contributed by atoms with Crippen molar-refractivity contribution in [2.45, 2.75) is 45.7 Å². The number of benzene rings is 1. The number of hydrogen-bond acceptors (Lipinski definition) is 5. The topological polar surface area (TPSA) is 119 Å². The van der Waals surface area contributed by atoms with Gasteiger partial charge in [-0.2, -0.15) is 0 Å². The van der Waals surface area contributed by atoms with Gasteiger partial charge in [0.25, 0.3) is 5.91 Å². The maximum Gasteiger partial charge on any atom is 0.264 e. The lowest BCUT2D eigenvalue weighted by molar-refractivity contribution is -0.122. The van der Waals surface area contributed by atoms with Crippen molar-refractivity contribution >= 4 is 29.2 Å². The summed E-state index contributed by atoms with van der Waals surface area (Å²) in [7, 11) is 0. The molecular formula is C21H25N5O3. The minimum Gasteiger partial charge on any atom is -0.370 e. The monoisotopic (exact) mass is 395 g/mol. The lowest BCUT2D eigenvalue weighted by Crippen LogP contribution is -2.39. The minimum absolute atomic E-state index is 0.00520. The fraction of sp³-hybridized carbons (Fsp3) is 0.333. The van der Waals surface area contributed by atoms with Crippen molar-refractivity contribution in [2.24, 2.45) is 10.7 Å². The number of hydrogen-bond donors (Lipinski definition) is 3. The van der Waals surface area contributed by atoms with Crippen LogP contribution in [0.25, 0.3) is 0 Å². The lowest BCUT2D eigenvalue weighted by atomic mass is 9.84. The third-order valence-electron chi connectivity index (χ3n) is 5.01. The SMILES string of the molecule is CCC(=O)Nc1cccc(C2(c3cc(C(=O)CC)n(CC)c3)N=C(N)NC2=O)c1. The number of carbonyl (C=O) groups is 3. The Morgan fingerprint density at radius 2 is 1.93 bits per heavy atom. The molecule has 152 valence electrons. The fourth-order valence-corrected chi connectivity index (χ4v) is 3.48. The van der Waals surface area contributed by atoms with Gasteiger partial charge in [0.05, 0.1) is 5.69 Å². The molecule has 0 saturated carbocycles. The highest BCUT2D eigenvalue weighted by molar-refractivity contribution is 6.09. The second-order valence-corrected chi connectivity index (χ2v) is 6.82. The van der Waals surface area contributed by atoms with E-state index < -0.39 is 11.4 Å². The largest absolute Gasteiger partial charge is 0.370 e. The molecule has 2 heterocycles. The number of nitrogens with two attached hydrogens (primary N) is 1. The van der Waals surface area contributed by atoms with Crippen LogP contribution in [0.1, 0.15) is 55.2 Å². The third-order valence-corrected chi connectivity index (χ3v) is 5.01. The van der Waals surface area contributed by atoms with Crippen molar-refractivity contribution in [3.63, 3.8) is 0 Å². The third kappa shape index (κ3) is 3.53. The normalized spacial score (nSPS) is 18.3. The van der Waals surface area contributed by atoms with Gasteiger partial charge >= 0.3 is 0 Å². The molecule has 29 heavy (non-hydrogen) atoms. The van der Waals surface area contributed by atoms with Gasteiger partial charge in [0, 0.05) is 36.8 Å². The first-order valence-electron chi connectivity index (χ1n) is 9.66. The van der Waals surface area contributed by atoms with Crippen LogP contribution in [0.2, 0.25) is 0 Å². The van der Waals surface area contributed by atoms with E-state index in [9.17, 15) is 14.4 Å². The number of amides is 2. The second-order valence-electron chi connectivity index (χ2n) is 6.82. The number of Topliss-reactive ketones (excluding diaryl/α,β-unsaturated/α-hetero) is 1. The maximum absolute atomic E-state index is 13.1. The molecule has 3 rings (SSSR count). The van der Waals surface area contributed by atoms with Crippen LogP contribution in [-0.4, -0.2) is 28.1 Å². The van der Waals surface area contributed by atoms with E-state index in [1.165, 1.54) is 0 Å². The molecule has 2 amide bonds. The summed E-state index contributed by atoms with van der Waals surface area (Å²) in [5.41, 5.74) is 6.60. The van der Waals surface area contributed by atoms with Crippen molar-refractivity contribution in [3.8, 4) is 0 Å². The summed E-state index contributed by atoms with van der Waals surface area (Å²) in [6.45, 7) is 6.06. The molecular weight excluding hydrogens is 370 g/mol. The van der Waals surface area contributed by atoms with E-state index in [0.29, 0.717) is 41.9 Å². The van der Waals surface area contributed by atoms with Crippen LogP contribution < -0.4 is 16.4 Å². The zero-order valence-corrected chi connectivity index (χ0v) is 16.8. The first-order valence-corrected chi connectivity index (χ1v) is 9.66. The van der Waals surface area contributed by atoms with Gasteiger partial charge in [-0.05, 0) is 30.7 Å². The number of guanidine groups is 1.